The minimum absolute atomic E-state index is 0.188. The third kappa shape index (κ3) is 1.28. The summed E-state index contributed by atoms with van der Waals surface area (Å²) in [4.78, 5) is -2.40. The largest absolute Gasteiger partial charge is 0.365 e. The van der Waals surface area contributed by atoms with E-state index in [2.05, 4.69) is 12.1 Å². The monoisotopic (exact) mass is 406 g/mol. The molecule has 4 aliphatic rings. The number of hydrogen-bond donors (Lipinski definition) is 0. The Morgan fingerprint density at radius 3 is 1.67 bits per heavy atom. The lowest BCUT2D eigenvalue weighted by Crippen LogP contribution is -2.58. The molecule has 0 N–H and O–H groups in total. The van der Waals surface area contributed by atoms with Crippen molar-refractivity contribution in [1.29, 1.82) is 0 Å². The first-order chi connectivity index (χ1) is 11.4. The zero-order valence-electron chi connectivity index (χ0n) is 12.9. The summed E-state index contributed by atoms with van der Waals surface area (Å²) in [6.07, 6.45) is -0.421. The van der Waals surface area contributed by atoms with Gasteiger partial charge in [-0.1, -0.05) is 47.5 Å². The Labute approximate surface area is 159 Å². The smallest absolute Gasteiger partial charge is 0.217 e. The normalized spacial score (nSPS) is 46.6. The van der Waals surface area contributed by atoms with Gasteiger partial charge in [-0.2, -0.15) is 0 Å². The fourth-order valence-electron chi connectivity index (χ4n) is 5.46. The standard InChI is InChI=1S/C17H14Cl4O3/c1-22-17(23-2)15(20)9-10(16(17,21)14(19)13(15)18)12-8-6-4-3-5-7(8)11(9)24-12/h3-6,9-12H,1-2H3/t9-,10-,11+,12+,15-,16+/m1/s1. The molecule has 0 spiro atoms. The van der Waals surface area contributed by atoms with E-state index >= 15 is 0 Å². The average molecular weight is 408 g/mol. The van der Waals surface area contributed by atoms with Crippen molar-refractivity contribution in [2.45, 2.75) is 27.7 Å². The van der Waals surface area contributed by atoms with Crippen LogP contribution in [0.25, 0.3) is 0 Å². The number of rotatable bonds is 2. The molecule has 0 unspecified atom stereocenters. The summed E-state index contributed by atoms with van der Waals surface area (Å²) in [6, 6.07) is 8.10. The van der Waals surface area contributed by atoms with Gasteiger partial charge in [0.25, 0.3) is 0 Å². The molecule has 2 heterocycles. The number of ether oxygens (including phenoxy) is 3. The molecule has 1 saturated carbocycles. The second-order valence-electron chi connectivity index (χ2n) is 6.73. The first kappa shape index (κ1) is 16.2. The van der Waals surface area contributed by atoms with Crippen molar-refractivity contribution in [2.24, 2.45) is 11.8 Å². The van der Waals surface area contributed by atoms with E-state index in [9.17, 15) is 0 Å². The first-order valence-corrected chi connectivity index (χ1v) is 9.20. The number of benzene rings is 1. The van der Waals surface area contributed by atoms with Crippen LogP contribution in [0.2, 0.25) is 0 Å². The highest BCUT2D eigenvalue weighted by atomic mass is 35.5. The van der Waals surface area contributed by atoms with E-state index in [0.29, 0.717) is 10.1 Å². The molecule has 4 bridgehead atoms. The molecule has 6 atom stereocenters. The van der Waals surface area contributed by atoms with E-state index in [-0.39, 0.29) is 24.0 Å². The van der Waals surface area contributed by atoms with Gasteiger partial charge in [-0.25, -0.2) is 0 Å². The Balaban J connectivity index is 1.81. The highest BCUT2D eigenvalue weighted by Crippen LogP contribution is 2.81. The van der Waals surface area contributed by atoms with Crippen LogP contribution in [-0.2, 0) is 14.2 Å². The van der Waals surface area contributed by atoms with Crippen molar-refractivity contribution in [3.05, 3.63) is 45.5 Å². The number of alkyl halides is 2. The van der Waals surface area contributed by atoms with Gasteiger partial charge in [-0.15, -0.1) is 23.2 Å². The molecule has 2 aliphatic heterocycles. The van der Waals surface area contributed by atoms with Gasteiger partial charge in [-0.3, -0.25) is 0 Å². The van der Waals surface area contributed by atoms with Crippen LogP contribution in [0.1, 0.15) is 23.3 Å². The third-order valence-corrected chi connectivity index (χ3v) is 8.87. The number of fused-ring (bicyclic) bond motifs is 12. The van der Waals surface area contributed by atoms with Crippen molar-refractivity contribution >= 4 is 46.4 Å². The van der Waals surface area contributed by atoms with E-state index in [1.807, 2.05) is 12.1 Å². The maximum atomic E-state index is 7.13. The Morgan fingerprint density at radius 2 is 1.29 bits per heavy atom. The minimum Gasteiger partial charge on any atom is -0.365 e. The lowest BCUT2D eigenvalue weighted by Gasteiger charge is -2.42. The van der Waals surface area contributed by atoms with Crippen LogP contribution in [-0.4, -0.2) is 29.8 Å². The lowest BCUT2D eigenvalue weighted by atomic mass is 9.70. The van der Waals surface area contributed by atoms with Gasteiger partial charge >= 0.3 is 0 Å². The van der Waals surface area contributed by atoms with Crippen molar-refractivity contribution in [3.63, 3.8) is 0 Å². The molecule has 1 saturated heterocycles. The molecule has 24 heavy (non-hydrogen) atoms. The Hall–Kier alpha value is -0.000000000000000222. The van der Waals surface area contributed by atoms with Crippen molar-refractivity contribution in [3.8, 4) is 0 Å². The molecule has 0 radical (unpaired) electrons. The van der Waals surface area contributed by atoms with E-state index in [0.717, 1.165) is 11.1 Å². The quantitative estimate of drug-likeness (QED) is 0.525. The predicted molar refractivity (Wildman–Crippen MR) is 92.6 cm³/mol. The number of hydrogen-bond acceptors (Lipinski definition) is 3. The SMILES string of the molecule is COC1(OC)[C@@]2(Cl)C(Cl)=C(Cl)[C@]1(Cl)[C@@H]1[C@@H]2[C@H]2O[C@H]1c1ccccc12. The van der Waals surface area contributed by atoms with Gasteiger partial charge in [0.2, 0.25) is 5.79 Å². The van der Waals surface area contributed by atoms with Crippen LogP contribution >= 0.6 is 46.4 Å². The van der Waals surface area contributed by atoms with Crippen molar-refractivity contribution in [2.75, 3.05) is 14.2 Å². The molecule has 7 heteroatoms. The topological polar surface area (TPSA) is 27.7 Å². The van der Waals surface area contributed by atoms with E-state index in [1.165, 1.54) is 14.2 Å². The van der Waals surface area contributed by atoms with Crippen molar-refractivity contribution in [1.82, 2.24) is 0 Å². The predicted octanol–water partition coefficient (Wildman–Crippen LogP) is 4.71. The average Bonchev–Trinajstić information content (AvgIpc) is 3.24. The van der Waals surface area contributed by atoms with Crippen LogP contribution in [0.4, 0.5) is 0 Å². The summed E-state index contributed by atoms with van der Waals surface area (Å²) in [5.41, 5.74) is 2.25. The Kier molecular flexibility index (Phi) is 3.13. The van der Waals surface area contributed by atoms with E-state index < -0.39 is 15.5 Å². The van der Waals surface area contributed by atoms with Gasteiger partial charge in [-0.05, 0) is 11.1 Å². The van der Waals surface area contributed by atoms with Crippen molar-refractivity contribution < 1.29 is 14.2 Å². The highest BCUT2D eigenvalue weighted by Gasteiger charge is 2.89. The summed E-state index contributed by atoms with van der Waals surface area (Å²) in [5.74, 6) is -1.73. The third-order valence-electron chi connectivity index (χ3n) is 6.22. The molecule has 5 rings (SSSR count). The summed E-state index contributed by atoms with van der Waals surface area (Å²) in [5, 5.41) is 0.582. The molecule has 3 nitrogen and oxygen atoms in total. The molecule has 2 aliphatic carbocycles. The molecular formula is C17H14Cl4O3. The summed E-state index contributed by atoms with van der Waals surface area (Å²) in [6.45, 7) is 0. The van der Waals surface area contributed by atoms with Gasteiger partial charge < -0.3 is 14.2 Å². The van der Waals surface area contributed by atoms with Gasteiger partial charge in [0.05, 0.1) is 22.3 Å². The highest BCUT2D eigenvalue weighted by molar-refractivity contribution is 6.52. The van der Waals surface area contributed by atoms with E-state index in [1.54, 1.807) is 0 Å². The summed E-state index contributed by atoms with van der Waals surface area (Å²) >= 11 is 27.4. The molecule has 1 aromatic carbocycles. The zero-order chi connectivity index (χ0) is 17.1. The maximum absolute atomic E-state index is 7.13. The number of methoxy groups -OCH3 is 2. The summed E-state index contributed by atoms with van der Waals surface area (Å²) in [7, 11) is 3.04. The lowest BCUT2D eigenvalue weighted by molar-refractivity contribution is -0.227. The summed E-state index contributed by atoms with van der Waals surface area (Å²) < 4.78 is 17.9. The first-order valence-electron chi connectivity index (χ1n) is 7.68. The fourth-order valence-corrected chi connectivity index (χ4v) is 7.70. The fraction of sp³-hybridized carbons (Fsp3) is 0.529. The van der Waals surface area contributed by atoms with Crippen LogP contribution in [0, 0.1) is 11.8 Å². The number of halogens is 4. The maximum Gasteiger partial charge on any atom is 0.217 e. The Bertz CT molecular complexity index is 733. The van der Waals surface area contributed by atoms with Crippen LogP contribution in [0.15, 0.2) is 34.3 Å². The molecule has 0 amide bonds. The van der Waals surface area contributed by atoms with Crippen LogP contribution in [0.5, 0.6) is 0 Å². The second kappa shape index (κ2) is 4.64. The molecule has 1 aromatic rings. The minimum atomic E-state index is -1.35. The molecule has 128 valence electrons. The second-order valence-corrected chi connectivity index (χ2v) is 8.68. The zero-order valence-corrected chi connectivity index (χ0v) is 15.9. The van der Waals surface area contributed by atoms with E-state index in [4.69, 9.17) is 60.6 Å². The van der Waals surface area contributed by atoms with Crippen LogP contribution in [0.3, 0.4) is 0 Å². The van der Waals surface area contributed by atoms with Gasteiger partial charge in [0.1, 0.15) is 9.75 Å². The Morgan fingerprint density at radius 1 is 0.875 bits per heavy atom. The molecular weight excluding hydrogens is 394 g/mol. The van der Waals surface area contributed by atoms with Gasteiger partial charge in [0.15, 0.2) is 0 Å². The van der Waals surface area contributed by atoms with Crippen LogP contribution < -0.4 is 0 Å². The molecule has 2 fully saturated rings. The molecule has 0 aromatic heterocycles. The van der Waals surface area contributed by atoms with Gasteiger partial charge in [0, 0.05) is 26.1 Å².